The molecule has 5 rings (SSSR count). The molecule has 2 aromatic heterocycles. The van der Waals surface area contributed by atoms with Gasteiger partial charge in [0.1, 0.15) is 4.88 Å². The van der Waals surface area contributed by atoms with E-state index in [2.05, 4.69) is 10.3 Å². The van der Waals surface area contributed by atoms with Crippen molar-refractivity contribution in [1.29, 1.82) is 0 Å². The van der Waals surface area contributed by atoms with Crippen LogP contribution in [-0.4, -0.2) is 64.9 Å². The van der Waals surface area contributed by atoms with E-state index in [9.17, 15) is 22.8 Å². The molecule has 4 heterocycles. The molecule has 0 bridgehead atoms. The van der Waals surface area contributed by atoms with Gasteiger partial charge in [0.05, 0.1) is 10.6 Å². The van der Waals surface area contributed by atoms with Crippen LogP contribution >= 0.6 is 34.3 Å². The second kappa shape index (κ2) is 8.53. The number of amides is 2. The lowest BCUT2D eigenvalue weighted by Gasteiger charge is -2.41. The van der Waals surface area contributed by atoms with Crippen molar-refractivity contribution in [1.82, 2.24) is 20.1 Å². The standard InChI is InChI=1S/C21H18ClF3N4O2S2/c22-16-14-2-1-11(21(23,24)25)7-15(14)33-17(16)19(30)29-9-13(10-29)27-12-3-5-28(8-12)20(31)18-26-4-6-32-18/h1-2,4,6-7,12-13,27H,3,5,8-10H2/t12-/m0/s1. The summed E-state index contributed by atoms with van der Waals surface area (Å²) in [6.45, 7) is 2.21. The van der Waals surface area contributed by atoms with Gasteiger partial charge in [-0.05, 0) is 18.6 Å². The van der Waals surface area contributed by atoms with Gasteiger partial charge in [-0.25, -0.2) is 4.98 Å². The van der Waals surface area contributed by atoms with Crippen LogP contribution in [0.4, 0.5) is 13.2 Å². The Kier molecular flexibility index (Phi) is 5.84. The van der Waals surface area contributed by atoms with E-state index in [-0.39, 0.29) is 33.8 Å². The molecular formula is C21H18ClF3N4O2S2. The molecule has 2 aliphatic rings. The summed E-state index contributed by atoms with van der Waals surface area (Å²) in [7, 11) is 0. The van der Waals surface area contributed by atoms with Crippen LogP contribution in [0.3, 0.4) is 0 Å². The number of hydrogen-bond donors (Lipinski definition) is 1. The number of carbonyl (C=O) groups excluding carboxylic acids is 2. The number of nitrogens with zero attached hydrogens (tertiary/aromatic N) is 3. The maximum Gasteiger partial charge on any atom is 0.416 e. The van der Waals surface area contributed by atoms with Crippen molar-refractivity contribution in [3.05, 3.63) is 50.2 Å². The third-order valence-corrected chi connectivity index (χ3v) is 8.29. The molecule has 2 saturated heterocycles. The predicted molar refractivity (Wildman–Crippen MR) is 121 cm³/mol. The first-order chi connectivity index (χ1) is 15.7. The van der Waals surface area contributed by atoms with Gasteiger partial charge in [0, 0.05) is 59.9 Å². The van der Waals surface area contributed by atoms with Crippen molar-refractivity contribution in [3.63, 3.8) is 0 Å². The van der Waals surface area contributed by atoms with Gasteiger partial charge in [-0.3, -0.25) is 9.59 Å². The monoisotopic (exact) mass is 514 g/mol. The van der Waals surface area contributed by atoms with Gasteiger partial charge >= 0.3 is 6.18 Å². The number of fused-ring (bicyclic) bond motifs is 1. The second-order valence-corrected chi connectivity index (χ2v) is 10.4. The highest BCUT2D eigenvalue weighted by molar-refractivity contribution is 7.21. The van der Waals surface area contributed by atoms with E-state index in [1.807, 2.05) is 0 Å². The average Bonchev–Trinajstić information content (AvgIpc) is 3.49. The predicted octanol–water partition coefficient (Wildman–Crippen LogP) is 4.36. The molecule has 2 fully saturated rings. The fraction of sp³-hybridized carbons (Fsp3) is 0.381. The number of hydrogen-bond acceptors (Lipinski definition) is 6. The molecule has 2 aliphatic heterocycles. The fourth-order valence-electron chi connectivity index (χ4n) is 4.15. The van der Waals surface area contributed by atoms with Crippen molar-refractivity contribution in [2.45, 2.75) is 24.7 Å². The van der Waals surface area contributed by atoms with Crippen molar-refractivity contribution in [2.24, 2.45) is 0 Å². The lowest BCUT2D eigenvalue weighted by Crippen LogP contribution is -2.62. The van der Waals surface area contributed by atoms with Crippen LogP contribution in [0.25, 0.3) is 10.1 Å². The smallest absolute Gasteiger partial charge is 0.335 e. The molecule has 6 nitrogen and oxygen atoms in total. The summed E-state index contributed by atoms with van der Waals surface area (Å²) in [5.74, 6) is -0.340. The number of carbonyl (C=O) groups is 2. The summed E-state index contributed by atoms with van der Waals surface area (Å²) in [6.07, 6.45) is -2.01. The molecule has 3 aromatic rings. The van der Waals surface area contributed by atoms with Crippen LogP contribution in [-0.2, 0) is 6.18 Å². The van der Waals surface area contributed by atoms with Gasteiger partial charge in [-0.2, -0.15) is 13.2 Å². The SMILES string of the molecule is O=C(c1nccs1)N1CC[C@H](NC2CN(C(=O)c3sc4cc(C(F)(F)F)ccc4c3Cl)C2)C1. The highest BCUT2D eigenvalue weighted by Gasteiger charge is 2.37. The van der Waals surface area contributed by atoms with E-state index in [1.165, 1.54) is 17.4 Å². The minimum atomic E-state index is -4.45. The van der Waals surface area contributed by atoms with Crippen LogP contribution < -0.4 is 5.32 Å². The number of benzene rings is 1. The van der Waals surface area contributed by atoms with Gasteiger partial charge in [0.15, 0.2) is 5.01 Å². The zero-order valence-electron chi connectivity index (χ0n) is 17.1. The molecule has 0 spiro atoms. The summed E-state index contributed by atoms with van der Waals surface area (Å²) < 4.78 is 39.3. The molecule has 1 atom stereocenters. The first-order valence-electron chi connectivity index (χ1n) is 10.2. The number of rotatable bonds is 4. The molecule has 2 amide bonds. The van der Waals surface area contributed by atoms with E-state index in [4.69, 9.17) is 11.6 Å². The number of thiazole rings is 1. The van der Waals surface area contributed by atoms with Gasteiger partial charge in [0.2, 0.25) is 0 Å². The number of halogens is 4. The van der Waals surface area contributed by atoms with E-state index in [0.717, 1.165) is 29.9 Å². The highest BCUT2D eigenvalue weighted by atomic mass is 35.5. The molecule has 0 saturated carbocycles. The summed E-state index contributed by atoms with van der Waals surface area (Å²) in [5, 5.41) is 6.39. The van der Waals surface area contributed by atoms with Crippen LogP contribution in [0.2, 0.25) is 5.02 Å². The molecule has 0 radical (unpaired) electrons. The molecule has 174 valence electrons. The van der Waals surface area contributed by atoms with Crippen molar-refractivity contribution < 1.29 is 22.8 Å². The van der Waals surface area contributed by atoms with Gasteiger partial charge in [0.25, 0.3) is 11.8 Å². The Hall–Kier alpha value is -2.21. The third-order valence-electron chi connectivity index (χ3n) is 5.88. The lowest BCUT2D eigenvalue weighted by atomic mass is 10.1. The van der Waals surface area contributed by atoms with Crippen LogP contribution in [0.5, 0.6) is 0 Å². The average molecular weight is 515 g/mol. The van der Waals surface area contributed by atoms with E-state index in [0.29, 0.717) is 41.3 Å². The van der Waals surface area contributed by atoms with Crippen LogP contribution in [0, 0.1) is 0 Å². The zero-order chi connectivity index (χ0) is 23.3. The molecule has 12 heteroatoms. The molecule has 1 N–H and O–H groups in total. The summed E-state index contributed by atoms with van der Waals surface area (Å²) in [6, 6.07) is 3.56. The second-order valence-electron chi connectivity index (χ2n) is 8.10. The molecule has 1 aromatic carbocycles. The molecular weight excluding hydrogens is 497 g/mol. The summed E-state index contributed by atoms with van der Waals surface area (Å²) >= 11 is 8.64. The maximum absolute atomic E-state index is 13.0. The zero-order valence-corrected chi connectivity index (χ0v) is 19.5. The minimum absolute atomic E-state index is 0.0622. The number of aromatic nitrogens is 1. The largest absolute Gasteiger partial charge is 0.416 e. The number of thiophene rings is 1. The lowest BCUT2D eigenvalue weighted by molar-refractivity contribution is -0.137. The Morgan fingerprint density at radius 1 is 1.12 bits per heavy atom. The first kappa shape index (κ1) is 22.6. The van der Waals surface area contributed by atoms with Crippen molar-refractivity contribution in [2.75, 3.05) is 26.2 Å². The van der Waals surface area contributed by atoms with Crippen LogP contribution in [0.1, 0.15) is 31.5 Å². The minimum Gasteiger partial charge on any atom is -0.335 e. The Bertz CT molecular complexity index is 1210. The molecule has 0 aliphatic carbocycles. The number of alkyl halides is 3. The van der Waals surface area contributed by atoms with Crippen molar-refractivity contribution in [3.8, 4) is 0 Å². The Labute approximate surface area is 200 Å². The topological polar surface area (TPSA) is 65.5 Å². The number of likely N-dealkylation sites (tertiary alicyclic amines) is 2. The normalized spacial score (nSPS) is 19.3. The Morgan fingerprint density at radius 3 is 2.58 bits per heavy atom. The van der Waals surface area contributed by atoms with Gasteiger partial charge < -0.3 is 15.1 Å². The fourth-order valence-corrected chi connectivity index (χ4v) is 6.27. The van der Waals surface area contributed by atoms with Crippen molar-refractivity contribution >= 4 is 56.2 Å². The summed E-state index contributed by atoms with van der Waals surface area (Å²) in [4.78, 5) is 33.1. The van der Waals surface area contributed by atoms with E-state index < -0.39 is 11.7 Å². The number of nitrogens with one attached hydrogen (secondary N) is 1. The van der Waals surface area contributed by atoms with Gasteiger partial charge in [-0.15, -0.1) is 22.7 Å². The first-order valence-corrected chi connectivity index (χ1v) is 12.3. The quantitative estimate of drug-likeness (QED) is 0.562. The van der Waals surface area contributed by atoms with Crippen LogP contribution in [0.15, 0.2) is 29.8 Å². The Morgan fingerprint density at radius 2 is 1.88 bits per heavy atom. The molecule has 0 unspecified atom stereocenters. The summed E-state index contributed by atoms with van der Waals surface area (Å²) in [5.41, 5.74) is -0.765. The van der Waals surface area contributed by atoms with E-state index >= 15 is 0 Å². The Balaban J connectivity index is 1.18. The third kappa shape index (κ3) is 4.34. The maximum atomic E-state index is 13.0. The van der Waals surface area contributed by atoms with E-state index in [1.54, 1.807) is 21.4 Å². The highest BCUT2D eigenvalue weighted by Crippen LogP contribution is 2.40. The molecule has 33 heavy (non-hydrogen) atoms. The van der Waals surface area contributed by atoms with Gasteiger partial charge in [-0.1, -0.05) is 17.7 Å².